The SMILES string of the molecule is C[C@H](NCc1ccc([N+](=O)[O-])s1)C1CCCC1. The molecule has 1 atom stereocenters. The second-order valence-electron chi connectivity index (χ2n) is 4.71. The molecule has 1 fully saturated rings. The van der Waals surface area contributed by atoms with E-state index in [9.17, 15) is 10.1 Å². The molecular formula is C12H18N2O2S. The molecule has 94 valence electrons. The Morgan fingerprint density at radius 3 is 2.82 bits per heavy atom. The van der Waals surface area contributed by atoms with Gasteiger partial charge in [-0.05, 0) is 31.7 Å². The van der Waals surface area contributed by atoms with Crippen LogP contribution in [-0.4, -0.2) is 11.0 Å². The van der Waals surface area contributed by atoms with Crippen molar-refractivity contribution in [1.82, 2.24) is 5.32 Å². The van der Waals surface area contributed by atoms with Gasteiger partial charge in [0, 0.05) is 23.5 Å². The van der Waals surface area contributed by atoms with E-state index in [1.54, 1.807) is 6.07 Å². The van der Waals surface area contributed by atoms with Gasteiger partial charge in [0.1, 0.15) is 0 Å². The number of hydrogen-bond acceptors (Lipinski definition) is 4. The Labute approximate surface area is 105 Å². The molecule has 0 saturated heterocycles. The quantitative estimate of drug-likeness (QED) is 0.647. The highest BCUT2D eigenvalue weighted by atomic mass is 32.1. The van der Waals surface area contributed by atoms with Gasteiger partial charge in [0.2, 0.25) is 0 Å². The van der Waals surface area contributed by atoms with Crippen molar-refractivity contribution in [2.45, 2.75) is 45.2 Å². The topological polar surface area (TPSA) is 55.2 Å². The van der Waals surface area contributed by atoms with Crippen molar-refractivity contribution in [2.24, 2.45) is 5.92 Å². The maximum atomic E-state index is 10.6. The number of nitro groups is 1. The molecule has 1 saturated carbocycles. The van der Waals surface area contributed by atoms with E-state index in [1.165, 1.54) is 37.0 Å². The lowest BCUT2D eigenvalue weighted by Crippen LogP contribution is -2.31. The molecule has 0 aliphatic heterocycles. The van der Waals surface area contributed by atoms with Crippen molar-refractivity contribution in [2.75, 3.05) is 0 Å². The normalized spacial score (nSPS) is 18.4. The summed E-state index contributed by atoms with van der Waals surface area (Å²) in [5.41, 5.74) is 0. The molecule has 0 spiro atoms. The first kappa shape index (κ1) is 12.5. The summed E-state index contributed by atoms with van der Waals surface area (Å²) in [7, 11) is 0. The van der Waals surface area contributed by atoms with Crippen LogP contribution in [0.1, 0.15) is 37.5 Å². The third-order valence-corrected chi connectivity index (χ3v) is 4.57. The Bertz CT molecular complexity index is 386. The molecule has 1 aliphatic carbocycles. The fourth-order valence-corrected chi connectivity index (χ4v) is 3.22. The van der Waals surface area contributed by atoms with Crippen LogP contribution in [0.25, 0.3) is 0 Å². The van der Waals surface area contributed by atoms with Crippen LogP contribution >= 0.6 is 11.3 Å². The van der Waals surface area contributed by atoms with E-state index >= 15 is 0 Å². The van der Waals surface area contributed by atoms with Gasteiger partial charge in [0.15, 0.2) is 0 Å². The lowest BCUT2D eigenvalue weighted by molar-refractivity contribution is -0.380. The fraction of sp³-hybridized carbons (Fsp3) is 0.667. The molecule has 1 N–H and O–H groups in total. The van der Waals surface area contributed by atoms with Crippen molar-refractivity contribution < 1.29 is 4.92 Å². The van der Waals surface area contributed by atoms with Crippen LogP contribution < -0.4 is 5.32 Å². The standard InChI is InChI=1S/C12H18N2O2S/c1-9(10-4-2-3-5-10)13-8-11-6-7-12(17-11)14(15)16/h6-7,9-10,13H,2-5,8H2,1H3/t9-/m0/s1. The molecule has 5 heteroatoms. The zero-order chi connectivity index (χ0) is 12.3. The summed E-state index contributed by atoms with van der Waals surface area (Å²) in [5.74, 6) is 0.782. The van der Waals surface area contributed by atoms with Crippen LogP contribution in [0, 0.1) is 16.0 Å². The maximum absolute atomic E-state index is 10.6. The highest BCUT2D eigenvalue weighted by Crippen LogP contribution is 2.28. The molecule has 1 aromatic heterocycles. The van der Waals surface area contributed by atoms with E-state index in [2.05, 4.69) is 12.2 Å². The number of nitrogens with zero attached hydrogens (tertiary/aromatic N) is 1. The summed E-state index contributed by atoms with van der Waals surface area (Å²) in [6, 6.07) is 3.94. The molecule has 2 rings (SSSR count). The van der Waals surface area contributed by atoms with Gasteiger partial charge in [-0.3, -0.25) is 10.1 Å². The van der Waals surface area contributed by atoms with Gasteiger partial charge < -0.3 is 5.32 Å². The van der Waals surface area contributed by atoms with Crippen LogP contribution in [0.2, 0.25) is 0 Å². The van der Waals surface area contributed by atoms with Gasteiger partial charge in [-0.1, -0.05) is 24.2 Å². The summed E-state index contributed by atoms with van der Waals surface area (Å²) in [4.78, 5) is 11.3. The molecular weight excluding hydrogens is 236 g/mol. The van der Waals surface area contributed by atoms with E-state index in [4.69, 9.17) is 0 Å². The van der Waals surface area contributed by atoms with E-state index in [1.807, 2.05) is 6.07 Å². The third kappa shape index (κ3) is 3.26. The van der Waals surface area contributed by atoms with Gasteiger partial charge in [-0.15, -0.1) is 0 Å². The predicted octanol–water partition coefficient (Wildman–Crippen LogP) is 3.32. The Kier molecular flexibility index (Phi) is 4.12. The van der Waals surface area contributed by atoms with E-state index in [0.29, 0.717) is 6.04 Å². The van der Waals surface area contributed by atoms with Crippen molar-refractivity contribution in [3.63, 3.8) is 0 Å². The lowest BCUT2D eigenvalue weighted by atomic mass is 10.00. The highest BCUT2D eigenvalue weighted by Gasteiger charge is 2.21. The van der Waals surface area contributed by atoms with Gasteiger partial charge >= 0.3 is 5.00 Å². The fourth-order valence-electron chi connectivity index (χ4n) is 2.45. The van der Waals surface area contributed by atoms with Gasteiger partial charge in [-0.2, -0.15) is 0 Å². The van der Waals surface area contributed by atoms with Gasteiger partial charge in [0.25, 0.3) is 0 Å². The van der Waals surface area contributed by atoms with Crippen LogP contribution in [0.15, 0.2) is 12.1 Å². The second-order valence-corrected chi connectivity index (χ2v) is 5.86. The van der Waals surface area contributed by atoms with Crippen LogP contribution in [0.5, 0.6) is 0 Å². The zero-order valence-corrected chi connectivity index (χ0v) is 10.8. The highest BCUT2D eigenvalue weighted by molar-refractivity contribution is 7.15. The Morgan fingerprint density at radius 1 is 1.53 bits per heavy atom. The molecule has 0 unspecified atom stereocenters. The molecule has 1 aliphatic rings. The smallest absolute Gasteiger partial charge is 0.309 e. The molecule has 0 radical (unpaired) electrons. The minimum absolute atomic E-state index is 0.232. The third-order valence-electron chi connectivity index (χ3n) is 3.53. The largest absolute Gasteiger partial charge is 0.324 e. The number of hydrogen-bond donors (Lipinski definition) is 1. The van der Waals surface area contributed by atoms with E-state index in [-0.39, 0.29) is 9.92 Å². The van der Waals surface area contributed by atoms with Crippen LogP contribution in [-0.2, 0) is 6.54 Å². The first-order valence-corrected chi connectivity index (χ1v) is 6.95. The van der Waals surface area contributed by atoms with E-state index < -0.39 is 0 Å². The number of nitrogens with one attached hydrogen (secondary N) is 1. The van der Waals surface area contributed by atoms with Crippen molar-refractivity contribution in [3.8, 4) is 0 Å². The zero-order valence-electron chi connectivity index (χ0n) is 10.0. The first-order chi connectivity index (χ1) is 8.16. The number of rotatable bonds is 5. The Hall–Kier alpha value is -0.940. The van der Waals surface area contributed by atoms with Crippen molar-refractivity contribution in [1.29, 1.82) is 0 Å². The van der Waals surface area contributed by atoms with Crippen LogP contribution in [0.4, 0.5) is 5.00 Å². The summed E-state index contributed by atoms with van der Waals surface area (Å²) in [6.07, 6.45) is 5.33. The molecule has 0 bridgehead atoms. The molecule has 0 aromatic carbocycles. The maximum Gasteiger partial charge on any atom is 0.324 e. The Morgan fingerprint density at radius 2 is 2.24 bits per heavy atom. The minimum atomic E-state index is -0.325. The first-order valence-electron chi connectivity index (χ1n) is 6.13. The summed E-state index contributed by atoms with van der Waals surface area (Å²) in [6.45, 7) is 2.97. The van der Waals surface area contributed by atoms with Gasteiger partial charge in [-0.25, -0.2) is 0 Å². The molecule has 1 aromatic rings. The molecule has 1 heterocycles. The Balaban J connectivity index is 1.82. The number of thiophene rings is 1. The summed E-state index contributed by atoms with van der Waals surface area (Å²) >= 11 is 1.26. The minimum Gasteiger partial charge on any atom is -0.309 e. The predicted molar refractivity (Wildman–Crippen MR) is 69.2 cm³/mol. The monoisotopic (exact) mass is 254 g/mol. The molecule has 4 nitrogen and oxygen atoms in total. The second kappa shape index (κ2) is 5.60. The summed E-state index contributed by atoms with van der Waals surface area (Å²) in [5, 5.41) is 14.3. The van der Waals surface area contributed by atoms with Gasteiger partial charge in [0.05, 0.1) is 4.92 Å². The van der Waals surface area contributed by atoms with Crippen LogP contribution in [0.3, 0.4) is 0 Å². The van der Waals surface area contributed by atoms with Crippen molar-refractivity contribution in [3.05, 3.63) is 27.1 Å². The van der Waals surface area contributed by atoms with Crippen molar-refractivity contribution >= 4 is 16.3 Å². The van der Waals surface area contributed by atoms with E-state index in [0.717, 1.165) is 17.3 Å². The average molecular weight is 254 g/mol. The average Bonchev–Trinajstić information content (AvgIpc) is 2.97. The lowest BCUT2D eigenvalue weighted by Gasteiger charge is -2.19. The molecule has 17 heavy (non-hydrogen) atoms. The molecule has 0 amide bonds. The summed E-state index contributed by atoms with van der Waals surface area (Å²) < 4.78 is 0.